The molecule has 0 radical (unpaired) electrons. The molecule has 9 nitrogen and oxygen atoms in total. The number of piperidine rings is 1. The van der Waals surface area contributed by atoms with Gasteiger partial charge in [0.15, 0.2) is 17.2 Å². The van der Waals surface area contributed by atoms with Crippen molar-refractivity contribution < 1.29 is 18.0 Å². The summed E-state index contributed by atoms with van der Waals surface area (Å²) in [6, 6.07) is 14.8. The van der Waals surface area contributed by atoms with Crippen molar-refractivity contribution >= 4 is 34.7 Å². The van der Waals surface area contributed by atoms with E-state index < -0.39 is 11.9 Å². The molecule has 1 aliphatic rings. The van der Waals surface area contributed by atoms with Gasteiger partial charge in [-0.05, 0) is 36.6 Å². The van der Waals surface area contributed by atoms with Crippen LogP contribution in [0.1, 0.15) is 40.5 Å². The van der Waals surface area contributed by atoms with E-state index in [1.807, 2.05) is 18.2 Å². The van der Waals surface area contributed by atoms with Crippen LogP contribution in [0.5, 0.6) is 0 Å². The fourth-order valence-electron chi connectivity index (χ4n) is 5.41. The zero-order valence-electron chi connectivity index (χ0n) is 23.1. The summed E-state index contributed by atoms with van der Waals surface area (Å²) in [4.78, 5) is 23.0. The Bertz CT molecular complexity index is 1760. The summed E-state index contributed by atoms with van der Waals surface area (Å²) in [7, 11) is 1.51. The minimum absolute atomic E-state index is 0.0539. The predicted octanol–water partition coefficient (Wildman–Crippen LogP) is 6.21. The monoisotopic (exact) mass is 608 g/mol. The predicted molar refractivity (Wildman–Crippen MR) is 157 cm³/mol. The molecular formula is C30H28ClF3N8O. The van der Waals surface area contributed by atoms with Gasteiger partial charge < -0.3 is 10.6 Å². The molecule has 0 unspecified atom stereocenters. The van der Waals surface area contributed by atoms with Crippen molar-refractivity contribution in [3.8, 4) is 11.3 Å². The normalized spacial score (nSPS) is 14.7. The van der Waals surface area contributed by atoms with Crippen LogP contribution in [0.15, 0.2) is 73.3 Å². The number of nitrogens with one attached hydrogen (secondary N) is 2. The van der Waals surface area contributed by atoms with Gasteiger partial charge in [0.1, 0.15) is 0 Å². The first-order chi connectivity index (χ1) is 20.7. The molecule has 3 aromatic heterocycles. The number of rotatable bonds is 7. The lowest BCUT2D eigenvalue weighted by atomic mass is 10.0. The van der Waals surface area contributed by atoms with E-state index in [1.54, 1.807) is 28.8 Å². The molecule has 1 aliphatic heterocycles. The molecule has 5 aromatic rings. The van der Waals surface area contributed by atoms with Crippen LogP contribution in [-0.2, 0) is 12.7 Å². The first kappa shape index (κ1) is 28.7. The number of hydrogen-bond acceptors (Lipinski definition) is 6. The Balaban J connectivity index is 1.26. The molecule has 4 heterocycles. The van der Waals surface area contributed by atoms with Crippen LogP contribution < -0.4 is 10.6 Å². The van der Waals surface area contributed by atoms with E-state index in [2.05, 4.69) is 42.7 Å². The number of likely N-dealkylation sites (tertiary alicyclic amines) is 1. The topological polar surface area (TPSA) is 92.4 Å². The number of fused-ring (bicyclic) bond motifs is 1. The molecular weight excluding hydrogens is 581 g/mol. The highest BCUT2D eigenvalue weighted by molar-refractivity contribution is 6.34. The van der Waals surface area contributed by atoms with E-state index in [1.165, 1.54) is 35.9 Å². The van der Waals surface area contributed by atoms with Crippen LogP contribution in [0.4, 0.5) is 24.7 Å². The first-order valence-electron chi connectivity index (χ1n) is 13.7. The highest BCUT2D eigenvalue weighted by atomic mass is 35.5. The Kier molecular flexibility index (Phi) is 7.80. The Morgan fingerprint density at radius 3 is 2.56 bits per heavy atom. The molecule has 0 atom stereocenters. The molecule has 6 rings (SSSR count). The second-order valence-electron chi connectivity index (χ2n) is 10.4. The van der Waals surface area contributed by atoms with Crippen LogP contribution in [0, 0.1) is 0 Å². The van der Waals surface area contributed by atoms with Crippen molar-refractivity contribution in [2.45, 2.75) is 31.6 Å². The average molecular weight is 609 g/mol. The minimum atomic E-state index is -4.66. The molecule has 0 spiro atoms. The van der Waals surface area contributed by atoms with Gasteiger partial charge in [0.05, 0.1) is 34.1 Å². The van der Waals surface area contributed by atoms with Gasteiger partial charge in [0.25, 0.3) is 5.91 Å². The maximum atomic E-state index is 14.3. The first-order valence-corrected chi connectivity index (χ1v) is 14.1. The molecule has 0 aliphatic carbocycles. The van der Waals surface area contributed by atoms with Crippen molar-refractivity contribution in [3.05, 3.63) is 95.2 Å². The number of carbonyl (C=O) groups is 1. The summed E-state index contributed by atoms with van der Waals surface area (Å²) in [6.45, 7) is 2.34. The van der Waals surface area contributed by atoms with Crippen molar-refractivity contribution in [1.29, 1.82) is 0 Å². The fraction of sp³-hybridized carbons (Fsp3) is 0.267. The van der Waals surface area contributed by atoms with Gasteiger partial charge in [-0.3, -0.25) is 18.8 Å². The number of halogens is 4. The molecule has 1 fully saturated rings. The minimum Gasteiger partial charge on any atom is -0.355 e. The second kappa shape index (κ2) is 11.7. The van der Waals surface area contributed by atoms with E-state index in [0.717, 1.165) is 19.6 Å². The van der Waals surface area contributed by atoms with Crippen LogP contribution >= 0.6 is 11.6 Å². The van der Waals surface area contributed by atoms with Gasteiger partial charge in [-0.1, -0.05) is 41.9 Å². The number of benzene rings is 2. The lowest BCUT2D eigenvalue weighted by Crippen LogP contribution is -2.34. The van der Waals surface area contributed by atoms with Gasteiger partial charge >= 0.3 is 6.18 Å². The van der Waals surface area contributed by atoms with Gasteiger partial charge in [0, 0.05) is 51.0 Å². The Morgan fingerprint density at radius 1 is 1.09 bits per heavy atom. The molecule has 0 saturated carbocycles. The van der Waals surface area contributed by atoms with Crippen LogP contribution in [0.3, 0.4) is 0 Å². The third-order valence-corrected chi connectivity index (χ3v) is 7.90. The largest absolute Gasteiger partial charge is 0.435 e. The van der Waals surface area contributed by atoms with Crippen molar-refractivity contribution in [3.63, 3.8) is 0 Å². The number of anilines is 2. The molecule has 1 amide bonds. The SMILES string of the molecule is CNC(=O)c1ccc(Nc2nccn3c(-c4cn(C5CCN(Cc6ccccc6)CC5)nc4C(F)(F)F)cnc23)cc1Cl. The lowest BCUT2D eigenvalue weighted by Gasteiger charge is -2.32. The lowest BCUT2D eigenvalue weighted by molar-refractivity contribution is -0.141. The van der Waals surface area contributed by atoms with Crippen LogP contribution in [0.2, 0.25) is 5.02 Å². The van der Waals surface area contributed by atoms with E-state index in [-0.39, 0.29) is 28.2 Å². The summed E-state index contributed by atoms with van der Waals surface area (Å²) in [5.74, 6) is -0.0160. The molecule has 0 bridgehead atoms. The standard InChI is InChI=1S/C30H28ClF3N8O/c1-35-29(43)22-8-7-20(15-24(22)31)38-27-28-37-16-25(41(28)14-11-36-27)23-18-42(39-26(23)30(32,33)34)21-9-12-40(13-10-21)17-19-5-3-2-4-6-19/h2-8,11,14-16,18,21H,9-10,12-13,17H2,1H3,(H,35,43)(H,36,38). The van der Waals surface area contributed by atoms with Crippen molar-refractivity contribution in [1.82, 2.24) is 34.4 Å². The molecule has 2 aromatic carbocycles. The number of alkyl halides is 3. The number of carbonyl (C=O) groups excluding carboxylic acids is 1. The van der Waals surface area contributed by atoms with Gasteiger partial charge in [-0.25, -0.2) is 9.97 Å². The van der Waals surface area contributed by atoms with E-state index in [0.29, 0.717) is 35.6 Å². The van der Waals surface area contributed by atoms with Gasteiger partial charge in [-0.15, -0.1) is 0 Å². The highest BCUT2D eigenvalue weighted by Gasteiger charge is 2.39. The quantitative estimate of drug-likeness (QED) is 0.228. The van der Waals surface area contributed by atoms with Crippen LogP contribution in [-0.4, -0.2) is 55.1 Å². The van der Waals surface area contributed by atoms with E-state index >= 15 is 0 Å². The Morgan fingerprint density at radius 2 is 1.86 bits per heavy atom. The zero-order valence-corrected chi connectivity index (χ0v) is 23.9. The van der Waals surface area contributed by atoms with Crippen molar-refractivity contribution in [2.24, 2.45) is 0 Å². The smallest absolute Gasteiger partial charge is 0.355 e. The highest BCUT2D eigenvalue weighted by Crippen LogP contribution is 2.38. The zero-order chi connectivity index (χ0) is 30.1. The summed E-state index contributed by atoms with van der Waals surface area (Å²) in [6.07, 6.45) is 2.63. The number of imidazole rings is 1. The molecule has 1 saturated heterocycles. The number of amides is 1. The van der Waals surface area contributed by atoms with Crippen molar-refractivity contribution in [2.75, 3.05) is 25.5 Å². The molecule has 222 valence electrons. The summed E-state index contributed by atoms with van der Waals surface area (Å²) in [5, 5.41) is 9.91. The third kappa shape index (κ3) is 5.93. The van der Waals surface area contributed by atoms with Crippen LogP contribution in [0.25, 0.3) is 16.9 Å². The summed E-state index contributed by atoms with van der Waals surface area (Å²) >= 11 is 6.28. The maximum absolute atomic E-state index is 14.3. The van der Waals surface area contributed by atoms with E-state index in [4.69, 9.17) is 11.6 Å². The number of nitrogens with zero attached hydrogens (tertiary/aromatic N) is 6. The number of aromatic nitrogens is 5. The average Bonchev–Trinajstić information content (AvgIpc) is 3.63. The molecule has 2 N–H and O–H groups in total. The molecule has 43 heavy (non-hydrogen) atoms. The molecule has 13 heteroatoms. The summed E-state index contributed by atoms with van der Waals surface area (Å²) < 4.78 is 45.8. The fourth-order valence-corrected chi connectivity index (χ4v) is 5.68. The Hall–Kier alpha value is -4.42. The maximum Gasteiger partial charge on any atom is 0.435 e. The van der Waals surface area contributed by atoms with Gasteiger partial charge in [-0.2, -0.15) is 18.3 Å². The van der Waals surface area contributed by atoms with Gasteiger partial charge in [0.2, 0.25) is 0 Å². The van der Waals surface area contributed by atoms with E-state index in [9.17, 15) is 18.0 Å². The summed E-state index contributed by atoms with van der Waals surface area (Å²) in [5.41, 5.74) is 1.60. The Labute approximate surface area is 250 Å². The second-order valence-corrected chi connectivity index (χ2v) is 10.8. The number of hydrogen-bond donors (Lipinski definition) is 2. The third-order valence-electron chi connectivity index (χ3n) is 7.59.